The van der Waals surface area contributed by atoms with Crippen LogP contribution in [0.1, 0.15) is 58.0 Å². The van der Waals surface area contributed by atoms with Crippen LogP contribution >= 0.6 is 0 Å². The van der Waals surface area contributed by atoms with Gasteiger partial charge in [0.1, 0.15) is 17.2 Å². The van der Waals surface area contributed by atoms with Crippen LogP contribution in [-0.4, -0.2) is 81.1 Å². The van der Waals surface area contributed by atoms with E-state index in [1.165, 1.54) is 11.1 Å². The molecular weight excluding hydrogens is 605 g/mol. The smallest absolute Gasteiger partial charge is 0.341 e. The van der Waals surface area contributed by atoms with E-state index in [9.17, 15) is 24.3 Å². The Balaban J connectivity index is 1.05. The zero-order chi connectivity index (χ0) is 32.6. The van der Waals surface area contributed by atoms with Crippen molar-refractivity contribution in [2.75, 3.05) is 47.4 Å². The number of hydrogen-bond acceptors (Lipinski definition) is 9. The van der Waals surface area contributed by atoms with Gasteiger partial charge in [0.05, 0.1) is 29.0 Å². The molecule has 240 valence electrons. The molecule has 0 bridgehead atoms. The zero-order valence-corrected chi connectivity index (χ0v) is 25.7. The van der Waals surface area contributed by atoms with Gasteiger partial charge in [-0.15, -0.1) is 0 Å². The van der Waals surface area contributed by atoms with Gasteiger partial charge in [-0.3, -0.25) is 19.3 Å². The molecule has 12 nitrogen and oxygen atoms in total. The highest BCUT2D eigenvalue weighted by molar-refractivity contribution is 6.26. The molecule has 1 aromatic carbocycles. The molecule has 0 radical (unpaired) electrons. The Bertz CT molecular complexity index is 2050. The fourth-order valence-electron chi connectivity index (χ4n) is 6.80. The average molecular weight is 638 g/mol. The van der Waals surface area contributed by atoms with Crippen molar-refractivity contribution in [1.82, 2.24) is 19.4 Å². The van der Waals surface area contributed by atoms with Crippen molar-refractivity contribution >= 4 is 51.7 Å². The Labute approximate surface area is 268 Å². The second-order valence-electron chi connectivity index (χ2n) is 12.7. The number of nitrogens with zero attached hydrogens (tertiary/aromatic N) is 7. The summed E-state index contributed by atoms with van der Waals surface area (Å²) in [5.74, 6) is -1.71. The number of carbonyl (C=O) groups excluding carboxylic acids is 2. The third-order valence-electron chi connectivity index (χ3n) is 9.51. The third kappa shape index (κ3) is 4.92. The maximum absolute atomic E-state index is 15.5. The molecule has 2 amide bonds. The summed E-state index contributed by atoms with van der Waals surface area (Å²) in [5.41, 5.74) is 1.33. The van der Waals surface area contributed by atoms with E-state index in [0.717, 1.165) is 37.3 Å². The van der Waals surface area contributed by atoms with Gasteiger partial charge in [0.2, 0.25) is 11.3 Å². The quantitative estimate of drug-likeness (QED) is 0.332. The summed E-state index contributed by atoms with van der Waals surface area (Å²) in [6.45, 7) is 3.53. The number of anilines is 4. The van der Waals surface area contributed by atoms with Crippen LogP contribution in [0.3, 0.4) is 0 Å². The predicted molar refractivity (Wildman–Crippen MR) is 172 cm³/mol. The summed E-state index contributed by atoms with van der Waals surface area (Å²) in [5, 5.41) is 9.59. The maximum atomic E-state index is 15.5. The van der Waals surface area contributed by atoms with Crippen LogP contribution in [-0.2, 0) is 4.79 Å². The molecular formula is C34H32FN7O5. The first-order valence-electron chi connectivity index (χ1n) is 15.9. The lowest BCUT2D eigenvalue weighted by molar-refractivity contribution is -0.119. The Morgan fingerprint density at radius 2 is 1.68 bits per heavy atom. The molecule has 13 heteroatoms. The van der Waals surface area contributed by atoms with Crippen molar-refractivity contribution in [3.63, 3.8) is 0 Å². The molecule has 5 heterocycles. The van der Waals surface area contributed by atoms with E-state index in [1.807, 2.05) is 21.6 Å². The molecule has 47 heavy (non-hydrogen) atoms. The first-order chi connectivity index (χ1) is 22.7. The summed E-state index contributed by atoms with van der Waals surface area (Å²) in [6, 6.07) is 8.19. The van der Waals surface area contributed by atoms with E-state index in [-0.39, 0.29) is 35.5 Å². The minimum atomic E-state index is -1.33. The number of carbonyl (C=O) groups is 3. The number of piperazine rings is 1. The van der Waals surface area contributed by atoms with Crippen LogP contribution in [0, 0.1) is 12.7 Å². The number of aromatic carboxylic acids is 1. The van der Waals surface area contributed by atoms with Crippen LogP contribution in [0.5, 0.6) is 0 Å². The van der Waals surface area contributed by atoms with Crippen molar-refractivity contribution in [3.8, 4) is 0 Å². The first kappa shape index (κ1) is 29.2. The molecule has 1 saturated heterocycles. The molecule has 0 spiro atoms. The van der Waals surface area contributed by atoms with Crippen LogP contribution in [0.2, 0.25) is 0 Å². The largest absolute Gasteiger partial charge is 0.477 e. The molecule has 2 aliphatic heterocycles. The van der Waals surface area contributed by atoms with Gasteiger partial charge in [0, 0.05) is 62.2 Å². The topological polar surface area (TPSA) is 132 Å². The van der Waals surface area contributed by atoms with E-state index in [0.29, 0.717) is 60.3 Å². The normalized spacial score (nSPS) is 18.3. The number of carboxylic acid groups (broad SMARTS) is 1. The van der Waals surface area contributed by atoms with Gasteiger partial charge < -0.3 is 19.5 Å². The van der Waals surface area contributed by atoms with Gasteiger partial charge in [-0.2, -0.15) is 0 Å². The minimum Gasteiger partial charge on any atom is -0.477 e. The molecule has 4 aromatic rings. The number of aromatic nitrogens is 3. The minimum absolute atomic E-state index is 0.0221. The molecule has 4 aliphatic rings. The molecule has 3 fully saturated rings. The number of hydrogen-bond donors (Lipinski definition) is 1. The first-order valence-corrected chi connectivity index (χ1v) is 15.9. The SMILES string of the molecule is Cc1ccnc2c1N(C(=O)CN1CCN(c3cc4c(cc3F)c(=O)c(C(=O)O)cn4C3CC3)CC1)C(=O)c1cccnc1N2C1CC1. The molecule has 2 aliphatic carbocycles. The van der Waals surface area contributed by atoms with Gasteiger partial charge in [-0.1, -0.05) is 0 Å². The van der Waals surface area contributed by atoms with Crippen molar-refractivity contribution in [3.05, 3.63) is 81.7 Å². The number of carboxylic acids is 1. The van der Waals surface area contributed by atoms with Gasteiger partial charge in [0.15, 0.2) is 5.82 Å². The number of rotatable bonds is 6. The summed E-state index contributed by atoms with van der Waals surface area (Å²) >= 11 is 0. The number of pyridine rings is 3. The maximum Gasteiger partial charge on any atom is 0.341 e. The van der Waals surface area contributed by atoms with E-state index >= 15 is 4.39 Å². The van der Waals surface area contributed by atoms with Crippen LogP contribution in [0.25, 0.3) is 10.9 Å². The lowest BCUT2D eigenvalue weighted by Crippen LogP contribution is -2.51. The highest BCUT2D eigenvalue weighted by atomic mass is 19.1. The van der Waals surface area contributed by atoms with E-state index in [4.69, 9.17) is 0 Å². The monoisotopic (exact) mass is 637 g/mol. The Morgan fingerprint density at radius 3 is 2.38 bits per heavy atom. The molecule has 2 saturated carbocycles. The lowest BCUT2D eigenvalue weighted by atomic mass is 10.1. The van der Waals surface area contributed by atoms with Crippen LogP contribution < -0.4 is 20.1 Å². The second-order valence-corrected chi connectivity index (χ2v) is 12.7. The summed E-state index contributed by atoms with van der Waals surface area (Å²) in [4.78, 5) is 69.0. The van der Waals surface area contributed by atoms with E-state index < -0.39 is 23.1 Å². The highest BCUT2D eigenvalue weighted by Gasteiger charge is 2.42. The molecule has 3 aromatic heterocycles. The number of benzene rings is 1. The number of aryl methyl sites for hydroxylation is 1. The summed E-state index contributed by atoms with van der Waals surface area (Å²) < 4.78 is 17.3. The van der Waals surface area contributed by atoms with Crippen molar-refractivity contribution in [2.24, 2.45) is 0 Å². The zero-order valence-electron chi connectivity index (χ0n) is 25.7. The Kier molecular flexibility index (Phi) is 6.83. The van der Waals surface area contributed by atoms with E-state index in [2.05, 4.69) is 9.97 Å². The number of halogens is 1. The number of amides is 2. The Hall–Kier alpha value is -5.17. The lowest BCUT2D eigenvalue weighted by Gasteiger charge is -2.36. The predicted octanol–water partition coefficient (Wildman–Crippen LogP) is 3.88. The van der Waals surface area contributed by atoms with Crippen molar-refractivity contribution in [2.45, 2.75) is 44.7 Å². The fraction of sp³-hybridized carbons (Fsp3) is 0.353. The van der Waals surface area contributed by atoms with Crippen molar-refractivity contribution in [1.29, 1.82) is 0 Å². The summed E-state index contributed by atoms with van der Waals surface area (Å²) in [6.07, 6.45) is 8.30. The molecule has 0 atom stereocenters. The highest BCUT2D eigenvalue weighted by Crippen LogP contribution is 2.46. The van der Waals surface area contributed by atoms with Crippen molar-refractivity contribution < 1.29 is 23.9 Å². The Morgan fingerprint density at radius 1 is 0.957 bits per heavy atom. The molecule has 8 rings (SSSR count). The number of imide groups is 1. The van der Waals surface area contributed by atoms with Gasteiger partial charge in [-0.05, 0) is 68.5 Å². The number of fused-ring (bicyclic) bond motifs is 3. The molecule has 1 N–H and O–H groups in total. The van der Waals surface area contributed by atoms with Gasteiger partial charge in [-0.25, -0.2) is 24.1 Å². The van der Waals surface area contributed by atoms with Crippen LogP contribution in [0.15, 0.2) is 53.7 Å². The second kappa shape index (κ2) is 11.0. The van der Waals surface area contributed by atoms with E-state index in [1.54, 1.807) is 41.2 Å². The third-order valence-corrected chi connectivity index (χ3v) is 9.51. The van der Waals surface area contributed by atoms with Crippen LogP contribution in [0.4, 0.5) is 27.4 Å². The van der Waals surface area contributed by atoms with Gasteiger partial charge in [0.25, 0.3) is 5.91 Å². The fourth-order valence-corrected chi connectivity index (χ4v) is 6.80. The molecule has 0 unspecified atom stereocenters. The van der Waals surface area contributed by atoms with Gasteiger partial charge >= 0.3 is 5.97 Å². The summed E-state index contributed by atoms with van der Waals surface area (Å²) in [7, 11) is 0. The average Bonchev–Trinajstić information content (AvgIpc) is 3.98. The standard InChI is InChI=1S/C34H32FN7O5/c1-19-8-10-37-32-29(19)42(33(45)22-3-2-9-36-31(22)41(32)21-6-7-21)28(43)18-38-11-13-39(14-12-38)27-16-26-23(15-25(27)35)30(44)24(34(46)47)17-40(26)20-4-5-20/h2-3,8-10,15-17,20-21H,4-7,11-14,18H2,1H3,(H,46,47).